The van der Waals surface area contributed by atoms with Crippen LogP contribution in [0, 0.1) is 0 Å². The molecule has 5 heteroatoms. The first-order valence-corrected chi connectivity index (χ1v) is 7.29. The Labute approximate surface area is 124 Å². The van der Waals surface area contributed by atoms with Gasteiger partial charge in [-0.3, -0.25) is 0 Å². The molecule has 2 aromatic rings. The normalized spacial score (nSPS) is 12.8. The number of hydrogen-bond donors (Lipinski definition) is 1. The fourth-order valence-electron chi connectivity index (χ4n) is 1.49. The maximum atomic E-state index is 9.44. The summed E-state index contributed by atoms with van der Waals surface area (Å²) in [5.74, 6) is 1.27. The summed E-state index contributed by atoms with van der Waals surface area (Å²) in [5.41, 5.74) is 0.931. The third-order valence-electron chi connectivity index (χ3n) is 2.29. The van der Waals surface area contributed by atoms with Gasteiger partial charge in [-0.05, 0) is 63.0 Å². The zero-order valence-electron chi connectivity index (χ0n) is 8.88. The van der Waals surface area contributed by atoms with Crippen LogP contribution in [0.25, 0.3) is 11.3 Å². The van der Waals surface area contributed by atoms with Gasteiger partial charge in [0.1, 0.15) is 17.6 Å². The van der Waals surface area contributed by atoms with E-state index in [0.717, 1.165) is 19.0 Å². The van der Waals surface area contributed by atoms with E-state index >= 15 is 0 Å². The van der Waals surface area contributed by atoms with Crippen LogP contribution in [0.5, 0.6) is 0 Å². The van der Waals surface area contributed by atoms with Gasteiger partial charge in [0.25, 0.3) is 0 Å². The van der Waals surface area contributed by atoms with Crippen LogP contribution < -0.4 is 0 Å². The molecular weight excluding hydrogens is 416 g/mol. The molecule has 0 saturated heterocycles. The summed E-state index contributed by atoms with van der Waals surface area (Å²) in [7, 11) is 0. The van der Waals surface area contributed by atoms with Crippen LogP contribution >= 0.6 is 47.8 Å². The monoisotopic (exact) mass is 422 g/mol. The van der Waals surface area contributed by atoms with Crippen molar-refractivity contribution in [1.29, 1.82) is 0 Å². The van der Waals surface area contributed by atoms with E-state index in [-0.39, 0.29) is 0 Å². The Morgan fingerprint density at radius 3 is 2.18 bits per heavy atom. The molecule has 0 aliphatic heterocycles. The van der Waals surface area contributed by atoms with E-state index in [2.05, 4.69) is 47.8 Å². The van der Waals surface area contributed by atoms with E-state index in [9.17, 15) is 5.11 Å². The molecule has 1 aromatic carbocycles. The molecule has 0 spiro atoms. The van der Waals surface area contributed by atoms with Crippen LogP contribution in [0.2, 0.25) is 0 Å². The van der Waals surface area contributed by atoms with E-state index in [1.54, 1.807) is 13.0 Å². The lowest BCUT2D eigenvalue weighted by Crippen LogP contribution is -1.86. The van der Waals surface area contributed by atoms with E-state index in [0.29, 0.717) is 11.5 Å². The van der Waals surface area contributed by atoms with Gasteiger partial charge in [0.05, 0.1) is 0 Å². The van der Waals surface area contributed by atoms with Gasteiger partial charge in [-0.25, -0.2) is 0 Å². The molecule has 0 bridgehead atoms. The van der Waals surface area contributed by atoms with Crippen molar-refractivity contribution in [2.24, 2.45) is 0 Å². The lowest BCUT2D eigenvalue weighted by molar-refractivity contribution is 0.170. The summed E-state index contributed by atoms with van der Waals surface area (Å²) < 4.78 is 8.42. The Kier molecular flexibility index (Phi) is 4.13. The van der Waals surface area contributed by atoms with Gasteiger partial charge in [-0.1, -0.05) is 15.9 Å². The molecule has 0 saturated carbocycles. The van der Waals surface area contributed by atoms with Crippen molar-refractivity contribution in [1.82, 2.24) is 0 Å². The number of benzene rings is 1. The number of aliphatic hydroxyl groups excluding tert-OH is 1. The van der Waals surface area contributed by atoms with Crippen LogP contribution in [0.1, 0.15) is 18.8 Å². The first-order chi connectivity index (χ1) is 7.99. The quantitative estimate of drug-likeness (QED) is 0.710. The Morgan fingerprint density at radius 2 is 1.71 bits per heavy atom. The second-order valence-corrected chi connectivity index (χ2v) is 6.25. The van der Waals surface area contributed by atoms with Crippen molar-refractivity contribution in [2.75, 3.05) is 0 Å². The summed E-state index contributed by atoms with van der Waals surface area (Å²) in [6.45, 7) is 1.67. The van der Waals surface area contributed by atoms with E-state index in [1.807, 2.05) is 18.2 Å². The number of furan rings is 1. The number of rotatable bonds is 2. The average Bonchev–Trinajstić information content (AvgIpc) is 2.65. The molecule has 0 amide bonds. The molecule has 1 atom stereocenters. The molecule has 0 aliphatic carbocycles. The molecule has 1 N–H and O–H groups in total. The summed E-state index contributed by atoms with van der Waals surface area (Å²) in [6.07, 6.45) is -0.600. The maximum Gasteiger partial charge on any atom is 0.136 e. The summed E-state index contributed by atoms with van der Waals surface area (Å²) >= 11 is 10.4. The zero-order chi connectivity index (χ0) is 12.6. The Hall–Kier alpha value is -0.100. The maximum absolute atomic E-state index is 9.44. The Morgan fingerprint density at radius 1 is 1.12 bits per heavy atom. The molecular formula is C12H9Br3O2. The van der Waals surface area contributed by atoms with Crippen LogP contribution in [-0.4, -0.2) is 5.11 Å². The molecule has 90 valence electrons. The predicted octanol–water partition coefficient (Wildman–Crippen LogP) is 5.29. The molecule has 0 radical (unpaired) electrons. The summed E-state index contributed by atoms with van der Waals surface area (Å²) in [4.78, 5) is 0. The van der Waals surface area contributed by atoms with Gasteiger partial charge >= 0.3 is 0 Å². The fraction of sp³-hybridized carbons (Fsp3) is 0.167. The number of halogens is 3. The van der Waals surface area contributed by atoms with Crippen molar-refractivity contribution < 1.29 is 9.52 Å². The molecule has 2 nitrogen and oxygen atoms in total. The minimum Gasteiger partial charge on any atom is -0.458 e. The lowest BCUT2D eigenvalue weighted by atomic mass is 10.2. The molecule has 0 aliphatic rings. The molecule has 0 fully saturated rings. The predicted molar refractivity (Wildman–Crippen MR) is 77.9 cm³/mol. The fourth-order valence-corrected chi connectivity index (χ4v) is 4.14. The number of hydrogen-bond acceptors (Lipinski definition) is 2. The minimum atomic E-state index is -0.600. The Balaban J connectivity index is 2.52. The molecule has 17 heavy (non-hydrogen) atoms. The SMILES string of the molecule is CC(O)c1ccc(-c2c(Br)cc(Br)cc2Br)o1. The first-order valence-electron chi connectivity index (χ1n) is 4.91. The highest BCUT2D eigenvalue weighted by atomic mass is 79.9. The van der Waals surface area contributed by atoms with Gasteiger partial charge in [-0.2, -0.15) is 0 Å². The highest BCUT2D eigenvalue weighted by molar-refractivity contribution is 9.11. The van der Waals surface area contributed by atoms with Gasteiger partial charge in [0.15, 0.2) is 0 Å². The Bertz CT molecular complexity index is 523. The summed E-state index contributed by atoms with van der Waals surface area (Å²) in [5, 5.41) is 9.44. The lowest BCUT2D eigenvalue weighted by Gasteiger charge is -2.06. The highest BCUT2D eigenvalue weighted by Crippen LogP contribution is 2.38. The zero-order valence-corrected chi connectivity index (χ0v) is 13.6. The number of aliphatic hydroxyl groups is 1. The minimum absolute atomic E-state index is 0.557. The highest BCUT2D eigenvalue weighted by Gasteiger charge is 2.14. The van der Waals surface area contributed by atoms with Crippen molar-refractivity contribution in [3.63, 3.8) is 0 Å². The van der Waals surface area contributed by atoms with E-state index in [4.69, 9.17) is 4.42 Å². The third kappa shape index (κ3) is 2.84. The van der Waals surface area contributed by atoms with E-state index < -0.39 is 6.10 Å². The average molecular weight is 425 g/mol. The smallest absolute Gasteiger partial charge is 0.136 e. The third-order valence-corrected chi connectivity index (χ3v) is 4.00. The van der Waals surface area contributed by atoms with Crippen LogP contribution in [-0.2, 0) is 0 Å². The standard InChI is InChI=1S/C12H9Br3O2/c1-6(16)10-2-3-11(17-10)12-8(14)4-7(13)5-9(12)15/h2-6,16H,1H3. The molecule has 2 rings (SSSR count). The van der Waals surface area contributed by atoms with Crippen LogP contribution in [0.15, 0.2) is 42.1 Å². The van der Waals surface area contributed by atoms with Crippen molar-refractivity contribution >= 4 is 47.8 Å². The molecule has 1 unspecified atom stereocenters. The largest absolute Gasteiger partial charge is 0.458 e. The van der Waals surface area contributed by atoms with Crippen molar-refractivity contribution in [3.05, 3.63) is 43.4 Å². The van der Waals surface area contributed by atoms with Gasteiger partial charge in [-0.15, -0.1) is 0 Å². The molecule has 1 heterocycles. The first kappa shape index (κ1) is 13.3. The molecule has 1 aromatic heterocycles. The second-order valence-electron chi connectivity index (χ2n) is 3.62. The van der Waals surface area contributed by atoms with Crippen molar-refractivity contribution in [2.45, 2.75) is 13.0 Å². The summed E-state index contributed by atoms with van der Waals surface area (Å²) in [6, 6.07) is 7.52. The van der Waals surface area contributed by atoms with Gasteiger partial charge in [0.2, 0.25) is 0 Å². The van der Waals surface area contributed by atoms with Gasteiger partial charge in [0, 0.05) is 19.0 Å². The van der Waals surface area contributed by atoms with Crippen LogP contribution in [0.3, 0.4) is 0 Å². The second kappa shape index (κ2) is 5.26. The topological polar surface area (TPSA) is 33.4 Å². The van der Waals surface area contributed by atoms with Crippen molar-refractivity contribution in [3.8, 4) is 11.3 Å². The van der Waals surface area contributed by atoms with Gasteiger partial charge < -0.3 is 9.52 Å². The van der Waals surface area contributed by atoms with E-state index in [1.165, 1.54) is 0 Å². The van der Waals surface area contributed by atoms with Crippen LogP contribution in [0.4, 0.5) is 0 Å².